The lowest BCUT2D eigenvalue weighted by atomic mass is 10.2. The third-order valence-corrected chi connectivity index (χ3v) is 4.83. The van der Waals surface area contributed by atoms with E-state index in [1.165, 1.54) is 36.4 Å². The van der Waals surface area contributed by atoms with E-state index in [9.17, 15) is 14.0 Å². The maximum Gasteiger partial charge on any atom is 0.271 e. The molecule has 0 radical (unpaired) electrons. The minimum atomic E-state index is -0.851. The molecule has 2 aromatic carbocycles. The van der Waals surface area contributed by atoms with Crippen molar-refractivity contribution < 1.29 is 13.9 Å². The number of hydrogen-bond donors (Lipinski definition) is 1. The Morgan fingerprint density at radius 1 is 1.18 bits per heavy atom. The quantitative estimate of drug-likeness (QED) is 0.647. The Morgan fingerprint density at radius 2 is 1.89 bits per heavy atom. The van der Waals surface area contributed by atoms with E-state index in [1.807, 2.05) is 19.1 Å². The second-order valence-corrected chi connectivity index (χ2v) is 6.97. The molecule has 0 bridgehead atoms. The SMILES string of the molecule is Cc1cc(NC(=O)C(C)Oc2ccc(=O)n(-c3ccc(F)cc3)n2)ccc1Br. The molecule has 1 amide bonds. The van der Waals surface area contributed by atoms with Gasteiger partial charge in [0.05, 0.1) is 5.69 Å². The number of benzene rings is 2. The van der Waals surface area contributed by atoms with Crippen molar-refractivity contribution in [3.8, 4) is 11.6 Å². The fraction of sp³-hybridized carbons (Fsp3) is 0.150. The van der Waals surface area contributed by atoms with Crippen molar-refractivity contribution in [2.45, 2.75) is 20.0 Å². The molecule has 0 aliphatic carbocycles. The minimum Gasteiger partial charge on any atom is -0.463 e. The Kier molecular flexibility index (Phi) is 5.89. The van der Waals surface area contributed by atoms with E-state index >= 15 is 0 Å². The van der Waals surface area contributed by atoms with Gasteiger partial charge in [-0.15, -0.1) is 5.10 Å². The first-order valence-electron chi connectivity index (χ1n) is 8.43. The Hall–Kier alpha value is -3.00. The number of nitrogens with one attached hydrogen (secondary N) is 1. The van der Waals surface area contributed by atoms with Crippen LogP contribution in [0.5, 0.6) is 5.88 Å². The van der Waals surface area contributed by atoms with Gasteiger partial charge in [-0.25, -0.2) is 4.39 Å². The van der Waals surface area contributed by atoms with Crippen molar-refractivity contribution in [1.29, 1.82) is 0 Å². The highest BCUT2D eigenvalue weighted by Gasteiger charge is 2.17. The Labute approximate surface area is 169 Å². The van der Waals surface area contributed by atoms with Gasteiger partial charge in [0.1, 0.15) is 5.82 Å². The summed E-state index contributed by atoms with van der Waals surface area (Å²) in [6.45, 7) is 3.50. The number of rotatable bonds is 5. The van der Waals surface area contributed by atoms with Crippen LogP contribution in [-0.4, -0.2) is 21.8 Å². The van der Waals surface area contributed by atoms with Crippen LogP contribution in [0.15, 0.2) is 63.9 Å². The van der Waals surface area contributed by atoms with Crippen LogP contribution in [0.3, 0.4) is 0 Å². The zero-order valence-electron chi connectivity index (χ0n) is 15.1. The predicted octanol–water partition coefficient (Wildman–Crippen LogP) is 3.85. The smallest absolute Gasteiger partial charge is 0.271 e. The Bertz CT molecular complexity index is 1070. The second-order valence-electron chi connectivity index (χ2n) is 6.11. The highest BCUT2D eigenvalue weighted by Crippen LogP contribution is 2.20. The van der Waals surface area contributed by atoms with Crippen LogP contribution >= 0.6 is 15.9 Å². The van der Waals surface area contributed by atoms with Crippen LogP contribution in [0.4, 0.5) is 10.1 Å². The number of aromatic nitrogens is 2. The number of carbonyl (C=O) groups excluding carboxylic acids is 1. The highest BCUT2D eigenvalue weighted by atomic mass is 79.9. The minimum absolute atomic E-state index is 0.0959. The number of carbonyl (C=O) groups is 1. The summed E-state index contributed by atoms with van der Waals surface area (Å²) in [5, 5.41) is 6.87. The molecule has 0 spiro atoms. The molecule has 8 heteroatoms. The summed E-state index contributed by atoms with van der Waals surface area (Å²) in [5.74, 6) is -0.681. The number of ether oxygens (including phenoxy) is 1. The number of nitrogens with zero attached hydrogens (tertiary/aromatic N) is 2. The van der Waals surface area contributed by atoms with Gasteiger partial charge in [0.25, 0.3) is 11.5 Å². The lowest BCUT2D eigenvalue weighted by Gasteiger charge is -2.15. The monoisotopic (exact) mass is 445 g/mol. The first-order chi connectivity index (χ1) is 13.3. The summed E-state index contributed by atoms with van der Waals surface area (Å²) in [4.78, 5) is 24.4. The van der Waals surface area contributed by atoms with Gasteiger partial charge in [-0.2, -0.15) is 4.68 Å². The summed E-state index contributed by atoms with van der Waals surface area (Å²) in [6.07, 6.45) is -0.851. The Morgan fingerprint density at radius 3 is 2.57 bits per heavy atom. The highest BCUT2D eigenvalue weighted by molar-refractivity contribution is 9.10. The lowest BCUT2D eigenvalue weighted by Crippen LogP contribution is -2.31. The molecule has 1 aromatic heterocycles. The molecule has 1 atom stereocenters. The molecule has 28 heavy (non-hydrogen) atoms. The maximum atomic E-state index is 13.1. The third-order valence-electron chi connectivity index (χ3n) is 3.94. The fourth-order valence-electron chi connectivity index (χ4n) is 2.43. The first kappa shape index (κ1) is 19.8. The number of halogens is 2. The van der Waals surface area contributed by atoms with Crippen molar-refractivity contribution in [3.05, 3.63) is 80.8 Å². The van der Waals surface area contributed by atoms with Crippen molar-refractivity contribution in [2.24, 2.45) is 0 Å². The largest absolute Gasteiger partial charge is 0.463 e. The molecule has 1 unspecified atom stereocenters. The molecule has 3 rings (SSSR count). The second kappa shape index (κ2) is 8.35. The standard InChI is InChI=1S/C20H17BrFN3O3/c1-12-11-15(5-8-17(12)21)23-20(27)13(2)28-18-9-10-19(26)25(24-18)16-6-3-14(22)4-7-16/h3-11,13H,1-2H3,(H,23,27). The van der Waals surface area contributed by atoms with Crippen LogP contribution in [0.2, 0.25) is 0 Å². The molecule has 0 saturated carbocycles. The van der Waals surface area contributed by atoms with E-state index in [1.54, 1.807) is 13.0 Å². The van der Waals surface area contributed by atoms with Gasteiger partial charge in [0.2, 0.25) is 5.88 Å². The maximum absolute atomic E-state index is 13.1. The van der Waals surface area contributed by atoms with Crippen molar-refractivity contribution >= 4 is 27.5 Å². The van der Waals surface area contributed by atoms with Crippen molar-refractivity contribution in [3.63, 3.8) is 0 Å². The van der Waals surface area contributed by atoms with Gasteiger partial charge in [-0.3, -0.25) is 9.59 Å². The summed E-state index contributed by atoms with van der Waals surface area (Å²) >= 11 is 3.41. The third kappa shape index (κ3) is 4.64. The zero-order chi connectivity index (χ0) is 20.3. The summed E-state index contributed by atoms with van der Waals surface area (Å²) < 4.78 is 20.7. The number of anilines is 1. The molecule has 0 aliphatic heterocycles. The number of aryl methyl sites for hydroxylation is 1. The molecule has 0 aliphatic rings. The normalized spacial score (nSPS) is 11.7. The van der Waals surface area contributed by atoms with Crippen LogP contribution in [-0.2, 0) is 4.79 Å². The first-order valence-corrected chi connectivity index (χ1v) is 9.23. The number of amides is 1. The molecule has 1 heterocycles. The van der Waals surface area contributed by atoms with Crippen molar-refractivity contribution in [2.75, 3.05) is 5.32 Å². The van der Waals surface area contributed by atoms with Crippen LogP contribution in [0.25, 0.3) is 5.69 Å². The summed E-state index contributed by atoms with van der Waals surface area (Å²) in [6, 6.07) is 13.4. The molecule has 144 valence electrons. The van der Waals surface area contributed by atoms with E-state index in [0.29, 0.717) is 11.4 Å². The van der Waals surface area contributed by atoms with Crippen LogP contribution < -0.4 is 15.6 Å². The molecular weight excluding hydrogens is 429 g/mol. The van der Waals surface area contributed by atoms with Gasteiger partial charge in [-0.1, -0.05) is 15.9 Å². The summed E-state index contributed by atoms with van der Waals surface area (Å²) in [7, 11) is 0. The van der Waals surface area contributed by atoms with Crippen LogP contribution in [0, 0.1) is 12.7 Å². The zero-order valence-corrected chi connectivity index (χ0v) is 16.7. The molecule has 0 saturated heterocycles. The van der Waals surface area contributed by atoms with E-state index in [-0.39, 0.29) is 11.8 Å². The van der Waals surface area contributed by atoms with E-state index in [0.717, 1.165) is 14.7 Å². The van der Waals surface area contributed by atoms with Crippen molar-refractivity contribution in [1.82, 2.24) is 9.78 Å². The molecule has 6 nitrogen and oxygen atoms in total. The average molecular weight is 446 g/mol. The van der Waals surface area contributed by atoms with E-state index in [4.69, 9.17) is 4.74 Å². The predicted molar refractivity (Wildman–Crippen MR) is 107 cm³/mol. The van der Waals surface area contributed by atoms with Gasteiger partial charge in [0.15, 0.2) is 6.10 Å². The Balaban J connectivity index is 1.74. The average Bonchev–Trinajstić information content (AvgIpc) is 2.67. The lowest BCUT2D eigenvalue weighted by molar-refractivity contribution is -0.122. The number of hydrogen-bond acceptors (Lipinski definition) is 4. The van der Waals surface area contributed by atoms with Gasteiger partial charge >= 0.3 is 0 Å². The van der Waals surface area contributed by atoms with Gasteiger partial charge in [0, 0.05) is 22.3 Å². The molecule has 3 aromatic rings. The van der Waals surface area contributed by atoms with Gasteiger partial charge < -0.3 is 10.1 Å². The van der Waals surface area contributed by atoms with E-state index in [2.05, 4.69) is 26.3 Å². The molecule has 0 fully saturated rings. The van der Waals surface area contributed by atoms with Gasteiger partial charge in [-0.05, 0) is 61.9 Å². The summed E-state index contributed by atoms with van der Waals surface area (Å²) in [5.41, 5.74) is 1.62. The fourth-order valence-corrected chi connectivity index (χ4v) is 2.67. The molecular formula is C20H17BrFN3O3. The van der Waals surface area contributed by atoms with Crippen LogP contribution in [0.1, 0.15) is 12.5 Å². The van der Waals surface area contributed by atoms with E-state index < -0.39 is 17.5 Å². The topological polar surface area (TPSA) is 73.2 Å². The molecule has 1 N–H and O–H groups in total.